The van der Waals surface area contributed by atoms with Crippen molar-refractivity contribution < 1.29 is 47.9 Å². The number of carboxylic acids is 1. The number of unbranched alkanes of at least 4 members (excludes halogenated alkanes) is 1. The van der Waals surface area contributed by atoms with Crippen LogP contribution in [-0.4, -0.2) is 128 Å². The molecule has 0 aliphatic heterocycles. The van der Waals surface area contributed by atoms with E-state index in [1.807, 2.05) is 0 Å². The molecule has 2 amide bonds. The van der Waals surface area contributed by atoms with E-state index in [0.717, 1.165) is 0 Å². The zero-order valence-electron chi connectivity index (χ0n) is 21.1. The highest BCUT2D eigenvalue weighted by Crippen LogP contribution is 2.01. The topological polar surface area (TPSA) is 203 Å². The molecule has 0 saturated heterocycles. The fourth-order valence-electron chi connectivity index (χ4n) is 2.62. The maximum Gasteiger partial charge on any atom is 0.326 e. The second-order valence-electron chi connectivity index (χ2n) is 7.44. The molecule has 0 heterocycles. The number of aliphatic carboxylic acids is 1. The molecule has 0 aromatic rings. The molecule has 0 aliphatic carbocycles. The van der Waals surface area contributed by atoms with E-state index in [9.17, 15) is 19.5 Å². The Morgan fingerprint density at radius 1 is 0.639 bits per heavy atom. The van der Waals surface area contributed by atoms with Crippen molar-refractivity contribution in [2.45, 2.75) is 25.3 Å². The summed E-state index contributed by atoms with van der Waals surface area (Å²) in [6.07, 6.45) is 1.28. The molecule has 0 bridgehead atoms. The van der Waals surface area contributed by atoms with Crippen molar-refractivity contribution in [2.75, 3.05) is 98.9 Å². The molecule has 14 heteroatoms. The number of carboxylic acid groups (broad SMARTS) is 1. The summed E-state index contributed by atoms with van der Waals surface area (Å²) in [4.78, 5) is 35.0. The summed E-state index contributed by atoms with van der Waals surface area (Å²) < 4.78 is 31.2. The number of carbonyl (C=O) groups excluding carboxylic acids is 2. The first-order valence-corrected chi connectivity index (χ1v) is 12.2. The molecule has 1 atom stereocenters. The van der Waals surface area contributed by atoms with E-state index >= 15 is 0 Å². The van der Waals surface area contributed by atoms with Crippen LogP contribution in [0.15, 0.2) is 0 Å². The zero-order chi connectivity index (χ0) is 26.7. The molecule has 7 N–H and O–H groups in total. The standard InChI is InChI=1S/C22H44N4O10/c23-4-7-31-9-11-33-13-15-35-17-20(27)25-6-2-1-3-19(22(29)30)26-21(28)18-36-16-14-34-12-10-32-8-5-24/h19H,1-18,23-24H2,(H,25,27)(H,26,28)(H,29,30)/t19-/m0/s1. The van der Waals surface area contributed by atoms with Gasteiger partial charge in [-0.25, -0.2) is 4.79 Å². The maximum absolute atomic E-state index is 11.9. The van der Waals surface area contributed by atoms with Crippen LogP contribution in [-0.2, 0) is 42.8 Å². The molecule has 14 nitrogen and oxygen atoms in total. The lowest BCUT2D eigenvalue weighted by Gasteiger charge is -2.15. The summed E-state index contributed by atoms with van der Waals surface area (Å²) in [6.45, 7) is 4.74. The van der Waals surface area contributed by atoms with Gasteiger partial charge in [0.05, 0.1) is 66.1 Å². The lowest BCUT2D eigenvalue weighted by molar-refractivity contribution is -0.142. The minimum absolute atomic E-state index is 0.0893. The quantitative estimate of drug-likeness (QED) is 0.0731. The molecule has 36 heavy (non-hydrogen) atoms. The van der Waals surface area contributed by atoms with Crippen molar-refractivity contribution in [3.63, 3.8) is 0 Å². The van der Waals surface area contributed by atoms with E-state index in [-0.39, 0.29) is 45.4 Å². The highest BCUT2D eigenvalue weighted by atomic mass is 16.5. The number of rotatable bonds is 27. The van der Waals surface area contributed by atoms with Crippen LogP contribution in [0.5, 0.6) is 0 Å². The van der Waals surface area contributed by atoms with Gasteiger partial charge in [0.25, 0.3) is 0 Å². The first-order chi connectivity index (χ1) is 17.5. The fourth-order valence-corrected chi connectivity index (χ4v) is 2.62. The Labute approximate surface area is 212 Å². The lowest BCUT2D eigenvalue weighted by Crippen LogP contribution is -2.42. The van der Waals surface area contributed by atoms with Gasteiger partial charge in [0.2, 0.25) is 11.8 Å². The number of amides is 2. The first-order valence-electron chi connectivity index (χ1n) is 12.2. The van der Waals surface area contributed by atoms with Gasteiger partial charge >= 0.3 is 5.97 Å². The number of carbonyl (C=O) groups is 3. The second-order valence-corrected chi connectivity index (χ2v) is 7.44. The Morgan fingerprint density at radius 3 is 1.56 bits per heavy atom. The molecular formula is C22H44N4O10. The van der Waals surface area contributed by atoms with Crippen LogP contribution < -0.4 is 22.1 Å². The van der Waals surface area contributed by atoms with E-state index in [4.69, 9.17) is 39.9 Å². The van der Waals surface area contributed by atoms with E-state index in [0.29, 0.717) is 78.7 Å². The summed E-state index contributed by atoms with van der Waals surface area (Å²) in [6, 6.07) is -1.03. The van der Waals surface area contributed by atoms with Crippen molar-refractivity contribution >= 4 is 17.8 Å². The molecule has 0 spiro atoms. The zero-order valence-corrected chi connectivity index (χ0v) is 21.1. The fraction of sp³-hybridized carbons (Fsp3) is 0.864. The molecule has 0 radical (unpaired) electrons. The molecule has 0 unspecified atom stereocenters. The SMILES string of the molecule is NCCOCCOCCOCC(=O)NCCCC[C@H](NC(=O)COCCOCCOCCN)C(=O)O. The van der Waals surface area contributed by atoms with Crippen LogP contribution in [0.3, 0.4) is 0 Å². The minimum Gasteiger partial charge on any atom is -0.480 e. The number of nitrogens with two attached hydrogens (primary N) is 2. The van der Waals surface area contributed by atoms with Crippen LogP contribution in [0.25, 0.3) is 0 Å². The van der Waals surface area contributed by atoms with Crippen LogP contribution >= 0.6 is 0 Å². The molecule has 0 aromatic heterocycles. The Bertz CT molecular complexity index is 557. The van der Waals surface area contributed by atoms with Crippen molar-refractivity contribution in [1.82, 2.24) is 10.6 Å². The smallest absolute Gasteiger partial charge is 0.326 e. The Balaban J connectivity index is 3.69. The largest absolute Gasteiger partial charge is 0.480 e. The average molecular weight is 525 g/mol. The van der Waals surface area contributed by atoms with Gasteiger partial charge in [-0.3, -0.25) is 9.59 Å². The summed E-state index contributed by atoms with van der Waals surface area (Å²) in [7, 11) is 0. The summed E-state index contributed by atoms with van der Waals surface area (Å²) in [5.74, 6) is -1.92. The molecule has 0 fully saturated rings. The number of nitrogens with one attached hydrogen (secondary N) is 2. The number of ether oxygens (including phenoxy) is 6. The van der Waals surface area contributed by atoms with Crippen molar-refractivity contribution in [3.8, 4) is 0 Å². The Hall–Kier alpha value is -1.91. The van der Waals surface area contributed by atoms with Gasteiger partial charge in [0.15, 0.2) is 0 Å². The third-order valence-electron chi connectivity index (χ3n) is 4.35. The van der Waals surface area contributed by atoms with Gasteiger partial charge < -0.3 is 55.6 Å². The van der Waals surface area contributed by atoms with E-state index in [1.54, 1.807) is 0 Å². The summed E-state index contributed by atoms with van der Waals surface area (Å²) in [5.41, 5.74) is 10.6. The van der Waals surface area contributed by atoms with E-state index in [1.165, 1.54) is 0 Å². The highest BCUT2D eigenvalue weighted by molar-refractivity contribution is 5.84. The van der Waals surface area contributed by atoms with Gasteiger partial charge in [-0.05, 0) is 19.3 Å². The number of hydrogen-bond donors (Lipinski definition) is 5. The van der Waals surface area contributed by atoms with Crippen molar-refractivity contribution in [3.05, 3.63) is 0 Å². The predicted octanol–water partition coefficient (Wildman–Crippen LogP) is -2.14. The molecule has 0 saturated carbocycles. The van der Waals surface area contributed by atoms with Crippen LogP contribution in [0.1, 0.15) is 19.3 Å². The molecule has 0 aromatic carbocycles. The monoisotopic (exact) mass is 524 g/mol. The third-order valence-corrected chi connectivity index (χ3v) is 4.35. The molecular weight excluding hydrogens is 480 g/mol. The van der Waals surface area contributed by atoms with Gasteiger partial charge in [0, 0.05) is 19.6 Å². The van der Waals surface area contributed by atoms with Crippen LogP contribution in [0, 0.1) is 0 Å². The number of hydrogen-bond acceptors (Lipinski definition) is 11. The van der Waals surface area contributed by atoms with Crippen molar-refractivity contribution in [1.29, 1.82) is 0 Å². The normalized spacial score (nSPS) is 11.8. The van der Waals surface area contributed by atoms with Crippen LogP contribution in [0.2, 0.25) is 0 Å². The molecule has 0 rings (SSSR count). The third kappa shape index (κ3) is 23.8. The summed E-state index contributed by atoms with van der Waals surface area (Å²) in [5, 5.41) is 14.4. The highest BCUT2D eigenvalue weighted by Gasteiger charge is 2.19. The minimum atomic E-state index is -1.13. The van der Waals surface area contributed by atoms with Gasteiger partial charge in [-0.15, -0.1) is 0 Å². The first kappa shape index (κ1) is 34.1. The molecule has 212 valence electrons. The predicted molar refractivity (Wildman–Crippen MR) is 129 cm³/mol. The second kappa shape index (κ2) is 26.2. The van der Waals surface area contributed by atoms with Crippen molar-refractivity contribution in [2.24, 2.45) is 11.5 Å². The summed E-state index contributed by atoms with van der Waals surface area (Å²) >= 11 is 0. The lowest BCUT2D eigenvalue weighted by atomic mass is 10.1. The maximum atomic E-state index is 11.9. The Kier molecular flexibility index (Phi) is 24.8. The van der Waals surface area contributed by atoms with Gasteiger partial charge in [0.1, 0.15) is 19.3 Å². The average Bonchev–Trinajstić information content (AvgIpc) is 2.85. The van der Waals surface area contributed by atoms with Crippen LogP contribution in [0.4, 0.5) is 0 Å². The van der Waals surface area contributed by atoms with Gasteiger partial charge in [-0.2, -0.15) is 0 Å². The van der Waals surface area contributed by atoms with E-state index < -0.39 is 17.9 Å². The Morgan fingerprint density at radius 2 is 1.08 bits per heavy atom. The van der Waals surface area contributed by atoms with E-state index in [2.05, 4.69) is 10.6 Å². The molecule has 0 aliphatic rings. The van der Waals surface area contributed by atoms with Gasteiger partial charge in [-0.1, -0.05) is 0 Å².